The molecule has 2 aromatic heterocycles. The Morgan fingerprint density at radius 3 is 2.47 bits per heavy atom. The number of hydrogen-bond acceptors (Lipinski definition) is 7. The Kier molecular flexibility index (Phi) is 7.23. The van der Waals surface area contributed by atoms with Crippen LogP contribution in [0.1, 0.15) is 62.3 Å². The maximum Gasteiger partial charge on any atom is 0.270 e. The van der Waals surface area contributed by atoms with E-state index >= 15 is 0 Å². The summed E-state index contributed by atoms with van der Waals surface area (Å²) in [5, 5.41) is 4.93. The van der Waals surface area contributed by atoms with E-state index < -0.39 is 23.7 Å². The third-order valence-electron chi connectivity index (χ3n) is 5.77. The first kappa shape index (κ1) is 23.8. The highest BCUT2D eigenvalue weighted by molar-refractivity contribution is 7.10. The first-order chi connectivity index (χ1) is 16.3. The minimum Gasteiger partial charge on any atom is -0.395 e. The molecule has 1 saturated carbocycles. The van der Waals surface area contributed by atoms with E-state index in [1.807, 2.05) is 17.5 Å². The van der Waals surface area contributed by atoms with Gasteiger partial charge in [-0.05, 0) is 53.5 Å². The zero-order valence-electron chi connectivity index (χ0n) is 18.2. The van der Waals surface area contributed by atoms with Gasteiger partial charge in [0, 0.05) is 10.9 Å². The molecule has 1 aromatic carbocycles. The average Bonchev–Trinajstić information content (AvgIpc) is 3.57. The first-order valence-electron chi connectivity index (χ1n) is 10.8. The molecule has 34 heavy (non-hydrogen) atoms. The van der Waals surface area contributed by atoms with E-state index in [-0.39, 0.29) is 34.8 Å². The lowest BCUT2D eigenvalue weighted by Gasteiger charge is -2.32. The molecule has 1 atom stereocenters. The van der Waals surface area contributed by atoms with Crippen molar-refractivity contribution in [2.45, 2.75) is 44.3 Å². The summed E-state index contributed by atoms with van der Waals surface area (Å²) in [6.07, 6.45) is 3.78. The van der Waals surface area contributed by atoms with Gasteiger partial charge in [-0.3, -0.25) is 14.4 Å². The summed E-state index contributed by atoms with van der Waals surface area (Å²) in [5.41, 5.74) is 11.5. The Balaban J connectivity index is 1.76. The fourth-order valence-electron chi connectivity index (χ4n) is 4.08. The average molecular weight is 502 g/mol. The number of nitrogens with one attached hydrogen (secondary N) is 1. The molecule has 1 fully saturated rings. The molecule has 8 nitrogen and oxygen atoms in total. The van der Waals surface area contributed by atoms with Gasteiger partial charge in [-0.1, -0.05) is 31.0 Å². The summed E-state index contributed by atoms with van der Waals surface area (Å²) < 4.78 is 17.6. The van der Waals surface area contributed by atoms with Crippen LogP contribution in [-0.4, -0.2) is 33.0 Å². The molecule has 1 aliphatic rings. The fraction of sp³-hybridized carbons (Fsp3) is 0.304. The number of rotatable bonds is 8. The van der Waals surface area contributed by atoms with Crippen molar-refractivity contribution >= 4 is 46.3 Å². The molecular weight excluding hydrogens is 477 g/mol. The minimum absolute atomic E-state index is 0.0177. The van der Waals surface area contributed by atoms with Gasteiger partial charge in [-0.25, -0.2) is 4.39 Å². The highest BCUT2D eigenvalue weighted by atomic mass is 32.1. The van der Waals surface area contributed by atoms with Gasteiger partial charge in [0.1, 0.15) is 16.7 Å². The third kappa shape index (κ3) is 5.10. The van der Waals surface area contributed by atoms with Crippen molar-refractivity contribution in [2.75, 3.05) is 5.73 Å². The molecule has 4 rings (SSSR count). The molecule has 0 radical (unpaired) electrons. The molecule has 1 aliphatic carbocycles. The lowest BCUT2D eigenvalue weighted by atomic mass is 10.0. The Hall–Kier alpha value is -3.31. The summed E-state index contributed by atoms with van der Waals surface area (Å²) in [7, 11) is 0. The first-order valence-corrected chi connectivity index (χ1v) is 12.4. The van der Waals surface area contributed by atoms with Crippen molar-refractivity contribution < 1.29 is 18.8 Å². The monoisotopic (exact) mass is 501 g/mol. The van der Waals surface area contributed by atoms with Gasteiger partial charge in [-0.2, -0.15) is 4.37 Å². The predicted molar refractivity (Wildman–Crippen MR) is 129 cm³/mol. The van der Waals surface area contributed by atoms with Crippen molar-refractivity contribution in [1.29, 1.82) is 0 Å². The summed E-state index contributed by atoms with van der Waals surface area (Å²) in [6.45, 7) is 0.111. The van der Waals surface area contributed by atoms with E-state index in [1.165, 1.54) is 40.5 Å². The van der Waals surface area contributed by atoms with Crippen LogP contribution in [0.4, 0.5) is 10.1 Å². The number of halogens is 1. The number of nitrogens with two attached hydrogens (primary N) is 2. The van der Waals surface area contributed by atoms with Crippen LogP contribution in [0.5, 0.6) is 0 Å². The number of carbonyl (C=O) groups excluding carboxylic acids is 3. The van der Waals surface area contributed by atoms with E-state index in [0.29, 0.717) is 5.56 Å². The van der Waals surface area contributed by atoms with Crippen LogP contribution in [0, 0.1) is 5.82 Å². The van der Waals surface area contributed by atoms with Gasteiger partial charge in [0.05, 0.1) is 12.2 Å². The Morgan fingerprint density at radius 1 is 1.18 bits per heavy atom. The van der Waals surface area contributed by atoms with Crippen molar-refractivity contribution in [3.05, 3.63) is 68.6 Å². The zero-order valence-corrected chi connectivity index (χ0v) is 19.8. The fourth-order valence-corrected chi connectivity index (χ4v) is 5.54. The van der Waals surface area contributed by atoms with Crippen LogP contribution in [0.25, 0.3) is 0 Å². The molecular formula is C23H24FN5O3S2. The largest absolute Gasteiger partial charge is 0.395 e. The molecule has 2 heterocycles. The van der Waals surface area contributed by atoms with Gasteiger partial charge < -0.3 is 21.7 Å². The summed E-state index contributed by atoms with van der Waals surface area (Å²) in [4.78, 5) is 41.2. The van der Waals surface area contributed by atoms with Crippen LogP contribution in [0.2, 0.25) is 0 Å². The summed E-state index contributed by atoms with van der Waals surface area (Å²) in [5.74, 6) is -2.22. The van der Waals surface area contributed by atoms with Gasteiger partial charge in [0.25, 0.3) is 11.8 Å². The molecule has 11 heteroatoms. The Labute approximate surface area is 203 Å². The normalized spacial score (nSPS) is 14.6. The molecule has 3 amide bonds. The SMILES string of the molecule is NC(=O)c1nsc(C(=O)N(Cc2cccs2)C(C(=O)NC2CCCC2)c2ccc(F)cc2)c1N. The Morgan fingerprint density at radius 2 is 1.88 bits per heavy atom. The van der Waals surface area contributed by atoms with E-state index in [9.17, 15) is 18.8 Å². The van der Waals surface area contributed by atoms with Gasteiger partial charge in [0.15, 0.2) is 5.69 Å². The number of benzene rings is 1. The smallest absolute Gasteiger partial charge is 0.270 e. The van der Waals surface area contributed by atoms with Crippen LogP contribution >= 0.6 is 22.9 Å². The van der Waals surface area contributed by atoms with Crippen LogP contribution in [0.3, 0.4) is 0 Å². The molecule has 178 valence electrons. The van der Waals surface area contributed by atoms with Crippen LogP contribution in [0.15, 0.2) is 41.8 Å². The molecule has 0 saturated heterocycles. The highest BCUT2D eigenvalue weighted by Gasteiger charge is 2.36. The van der Waals surface area contributed by atoms with Gasteiger partial charge in [-0.15, -0.1) is 11.3 Å². The standard InChI is InChI=1S/C23H24FN5O3S2/c24-14-9-7-13(8-10-14)19(22(31)27-15-4-1-2-5-15)29(12-16-6-3-11-33-16)23(32)20-17(25)18(21(26)30)28-34-20/h3,6-11,15,19H,1-2,4-5,12,25H2,(H2,26,30)(H,27,31). The lowest BCUT2D eigenvalue weighted by Crippen LogP contribution is -2.45. The van der Waals surface area contributed by atoms with Crippen LogP contribution in [-0.2, 0) is 11.3 Å². The van der Waals surface area contributed by atoms with Gasteiger partial charge >= 0.3 is 0 Å². The third-order valence-corrected chi connectivity index (χ3v) is 7.48. The number of amides is 3. The number of hydrogen-bond donors (Lipinski definition) is 3. The zero-order chi connectivity index (χ0) is 24.2. The van der Waals surface area contributed by atoms with Crippen LogP contribution < -0.4 is 16.8 Å². The minimum atomic E-state index is -1.05. The number of nitrogen functional groups attached to an aromatic ring is 1. The number of thiophene rings is 1. The summed E-state index contributed by atoms with van der Waals surface area (Å²) in [6, 6.07) is 8.17. The van der Waals surface area contributed by atoms with Gasteiger partial charge in [0.2, 0.25) is 5.91 Å². The highest BCUT2D eigenvalue weighted by Crippen LogP contribution is 2.31. The second kappa shape index (κ2) is 10.3. The number of carbonyl (C=O) groups is 3. The van der Waals surface area contributed by atoms with E-state index in [0.717, 1.165) is 42.1 Å². The number of nitrogens with zero attached hydrogens (tertiary/aromatic N) is 2. The second-order valence-corrected chi connectivity index (χ2v) is 9.90. The molecule has 1 unspecified atom stereocenters. The molecule has 0 aliphatic heterocycles. The predicted octanol–water partition coefficient (Wildman–Crippen LogP) is 3.47. The van der Waals surface area contributed by atoms with Crippen molar-refractivity contribution in [2.24, 2.45) is 5.73 Å². The van der Waals surface area contributed by atoms with E-state index in [4.69, 9.17) is 11.5 Å². The quantitative estimate of drug-likeness (QED) is 0.435. The number of primary amides is 1. The number of anilines is 1. The van der Waals surface area contributed by atoms with E-state index in [1.54, 1.807) is 0 Å². The second-order valence-electron chi connectivity index (χ2n) is 8.09. The maximum absolute atomic E-state index is 13.8. The Bertz CT molecular complexity index is 1170. The van der Waals surface area contributed by atoms with Crippen molar-refractivity contribution in [3.8, 4) is 0 Å². The lowest BCUT2D eigenvalue weighted by molar-refractivity contribution is -0.126. The summed E-state index contributed by atoms with van der Waals surface area (Å²) >= 11 is 2.19. The molecule has 5 N–H and O–H groups in total. The number of aromatic nitrogens is 1. The maximum atomic E-state index is 13.8. The van der Waals surface area contributed by atoms with E-state index in [2.05, 4.69) is 9.69 Å². The van der Waals surface area contributed by atoms with Crippen molar-refractivity contribution in [1.82, 2.24) is 14.6 Å². The topological polar surface area (TPSA) is 131 Å². The molecule has 0 bridgehead atoms. The molecule has 0 spiro atoms. The molecule has 3 aromatic rings. The van der Waals surface area contributed by atoms with Crippen molar-refractivity contribution in [3.63, 3.8) is 0 Å².